The fraction of sp³-hybridized carbons (Fsp3) is 0.462. The lowest BCUT2D eigenvalue weighted by atomic mass is 10.3. The Morgan fingerprint density at radius 3 is 2.84 bits per heavy atom. The van der Waals surface area contributed by atoms with Crippen molar-refractivity contribution < 1.29 is 4.74 Å². The highest BCUT2D eigenvalue weighted by Gasteiger charge is 2.13. The number of pyridine rings is 1. The minimum Gasteiger partial charge on any atom is -0.361 e. The molecule has 0 saturated heterocycles. The van der Waals surface area contributed by atoms with Crippen LogP contribution in [-0.2, 0) is 11.5 Å². The van der Waals surface area contributed by atoms with Crippen molar-refractivity contribution in [1.29, 1.82) is 0 Å². The minimum absolute atomic E-state index is 0.539. The van der Waals surface area contributed by atoms with Crippen LogP contribution in [0.3, 0.4) is 0 Å². The highest BCUT2D eigenvalue weighted by atomic mass is 127. The molecule has 2 heterocycles. The summed E-state index contributed by atoms with van der Waals surface area (Å²) in [6.45, 7) is 8.41. The van der Waals surface area contributed by atoms with E-state index in [1.54, 1.807) is 6.20 Å². The van der Waals surface area contributed by atoms with E-state index in [-0.39, 0.29) is 0 Å². The van der Waals surface area contributed by atoms with Gasteiger partial charge in [0.05, 0.1) is 10.4 Å². The Morgan fingerprint density at radius 2 is 2.16 bits per heavy atom. The average molecular weight is 409 g/mol. The van der Waals surface area contributed by atoms with Crippen molar-refractivity contribution in [3.05, 3.63) is 27.1 Å². The molecule has 0 aliphatic heterocycles. The maximum absolute atomic E-state index is 6.20. The molecule has 0 atom stereocenters. The lowest BCUT2D eigenvalue weighted by Crippen LogP contribution is -2.22. The third-order valence-electron chi connectivity index (χ3n) is 2.89. The first-order valence-electron chi connectivity index (χ1n) is 6.25. The predicted molar refractivity (Wildman–Crippen MR) is 91.6 cm³/mol. The summed E-state index contributed by atoms with van der Waals surface area (Å²) in [5.74, 6) is 0. The van der Waals surface area contributed by atoms with Crippen molar-refractivity contribution in [2.24, 2.45) is 0 Å². The maximum atomic E-state index is 6.20. The van der Waals surface area contributed by atoms with Crippen LogP contribution >= 0.6 is 34.2 Å². The summed E-state index contributed by atoms with van der Waals surface area (Å²) in [7, 11) is -1.03. The van der Waals surface area contributed by atoms with Gasteiger partial charge in [-0.05, 0) is 34.7 Å². The zero-order valence-corrected chi connectivity index (χ0v) is 15.3. The van der Waals surface area contributed by atoms with Crippen LogP contribution in [0.15, 0.2) is 18.5 Å². The third-order valence-corrected chi connectivity index (χ3v) is 5.72. The largest absolute Gasteiger partial charge is 0.361 e. The van der Waals surface area contributed by atoms with E-state index in [2.05, 4.69) is 47.2 Å². The maximum Gasteiger partial charge on any atom is 0.144 e. The summed E-state index contributed by atoms with van der Waals surface area (Å²) in [4.78, 5) is 4.39. The van der Waals surface area contributed by atoms with Crippen molar-refractivity contribution >= 4 is 53.3 Å². The van der Waals surface area contributed by atoms with Gasteiger partial charge in [-0.15, -0.1) is 0 Å². The van der Waals surface area contributed by atoms with Crippen LogP contribution in [0.25, 0.3) is 11.0 Å². The molecule has 2 aromatic rings. The molecule has 0 aliphatic carbocycles. The van der Waals surface area contributed by atoms with Gasteiger partial charge >= 0.3 is 0 Å². The summed E-state index contributed by atoms with van der Waals surface area (Å²) in [6.07, 6.45) is 3.78. The van der Waals surface area contributed by atoms with Gasteiger partial charge in [0.1, 0.15) is 12.4 Å². The van der Waals surface area contributed by atoms with Gasteiger partial charge in [0.15, 0.2) is 0 Å². The van der Waals surface area contributed by atoms with Gasteiger partial charge in [-0.25, -0.2) is 4.98 Å². The van der Waals surface area contributed by atoms with Gasteiger partial charge in [-0.1, -0.05) is 31.2 Å². The van der Waals surface area contributed by atoms with Crippen molar-refractivity contribution in [3.63, 3.8) is 0 Å². The summed E-state index contributed by atoms with van der Waals surface area (Å²) >= 11 is 8.49. The van der Waals surface area contributed by atoms with E-state index in [1.165, 1.54) is 6.04 Å². The van der Waals surface area contributed by atoms with Crippen LogP contribution in [0.4, 0.5) is 0 Å². The van der Waals surface area contributed by atoms with Gasteiger partial charge in [0, 0.05) is 30.6 Å². The van der Waals surface area contributed by atoms with Crippen LogP contribution in [0, 0.1) is 3.57 Å². The summed E-state index contributed by atoms with van der Waals surface area (Å²) in [6, 6.07) is 3.00. The molecule has 6 heteroatoms. The molecule has 0 aromatic carbocycles. The molecule has 0 unspecified atom stereocenters. The predicted octanol–water partition coefficient (Wildman–Crippen LogP) is 4.61. The molecule has 0 bridgehead atoms. The molecular formula is C13H18ClIN2OSi. The SMILES string of the molecule is C[Si](C)(C)CCOCn1cc(I)c2c(Cl)ccnc21. The number of hydrogen-bond donors (Lipinski definition) is 0. The molecule has 2 rings (SSSR count). The van der Waals surface area contributed by atoms with E-state index in [4.69, 9.17) is 16.3 Å². The number of nitrogens with zero attached hydrogens (tertiary/aromatic N) is 2. The molecule has 2 aromatic heterocycles. The van der Waals surface area contributed by atoms with Crippen LogP contribution < -0.4 is 0 Å². The Labute approximate surface area is 133 Å². The van der Waals surface area contributed by atoms with Crippen LogP contribution in [0.1, 0.15) is 0 Å². The van der Waals surface area contributed by atoms with E-state index in [0.717, 1.165) is 26.2 Å². The Hall–Kier alpha value is -0.113. The number of halogens is 2. The normalized spacial score (nSPS) is 12.3. The number of rotatable bonds is 5. The topological polar surface area (TPSA) is 27.1 Å². The molecular weight excluding hydrogens is 391 g/mol. The van der Waals surface area contributed by atoms with E-state index in [1.807, 2.05) is 16.8 Å². The molecule has 0 fully saturated rings. The number of aromatic nitrogens is 2. The van der Waals surface area contributed by atoms with Crippen LogP contribution in [-0.4, -0.2) is 24.2 Å². The summed E-state index contributed by atoms with van der Waals surface area (Å²) in [5.41, 5.74) is 0.893. The van der Waals surface area contributed by atoms with Crippen molar-refractivity contribution in [3.8, 4) is 0 Å². The van der Waals surface area contributed by atoms with E-state index < -0.39 is 8.07 Å². The average Bonchev–Trinajstić information content (AvgIpc) is 2.62. The summed E-state index contributed by atoms with van der Waals surface area (Å²) < 4.78 is 8.90. The lowest BCUT2D eigenvalue weighted by molar-refractivity contribution is 0.0898. The molecule has 19 heavy (non-hydrogen) atoms. The smallest absolute Gasteiger partial charge is 0.144 e. The Morgan fingerprint density at radius 1 is 1.42 bits per heavy atom. The fourth-order valence-electron chi connectivity index (χ4n) is 1.77. The van der Waals surface area contributed by atoms with E-state index >= 15 is 0 Å². The Bertz CT molecular complexity index is 580. The van der Waals surface area contributed by atoms with E-state index in [9.17, 15) is 0 Å². The van der Waals surface area contributed by atoms with E-state index in [0.29, 0.717) is 6.73 Å². The Balaban J connectivity index is 2.08. The summed E-state index contributed by atoms with van der Waals surface area (Å²) in [5, 5.41) is 1.76. The monoisotopic (exact) mass is 408 g/mol. The van der Waals surface area contributed by atoms with Crippen LogP contribution in [0.5, 0.6) is 0 Å². The molecule has 0 radical (unpaired) electrons. The van der Waals surface area contributed by atoms with Crippen LogP contribution in [0.2, 0.25) is 30.7 Å². The van der Waals surface area contributed by atoms with Crippen molar-refractivity contribution in [2.75, 3.05) is 6.61 Å². The number of ether oxygens (including phenoxy) is 1. The zero-order valence-electron chi connectivity index (χ0n) is 11.4. The highest BCUT2D eigenvalue weighted by molar-refractivity contribution is 14.1. The van der Waals surface area contributed by atoms with Gasteiger partial charge in [-0.2, -0.15) is 0 Å². The first kappa shape index (κ1) is 15.3. The van der Waals surface area contributed by atoms with Gasteiger partial charge < -0.3 is 9.30 Å². The van der Waals surface area contributed by atoms with Gasteiger partial charge in [0.2, 0.25) is 0 Å². The first-order chi connectivity index (χ1) is 8.88. The number of fused-ring (bicyclic) bond motifs is 1. The second-order valence-electron chi connectivity index (χ2n) is 5.79. The van der Waals surface area contributed by atoms with Crippen molar-refractivity contribution in [1.82, 2.24) is 9.55 Å². The Kier molecular flexibility index (Phi) is 4.92. The molecule has 0 aliphatic rings. The highest BCUT2D eigenvalue weighted by Crippen LogP contribution is 2.28. The zero-order chi connectivity index (χ0) is 14.0. The first-order valence-corrected chi connectivity index (χ1v) is 11.4. The standard InChI is InChI=1S/C13H18ClIN2OSi/c1-19(2,3)7-6-18-9-17-8-11(15)12-10(14)4-5-16-13(12)17/h4-5,8H,6-7,9H2,1-3H3. The fourth-order valence-corrected chi connectivity index (χ4v) is 3.80. The molecule has 0 spiro atoms. The number of hydrogen-bond acceptors (Lipinski definition) is 2. The second kappa shape index (κ2) is 6.11. The third kappa shape index (κ3) is 3.93. The second-order valence-corrected chi connectivity index (χ2v) is 13.0. The molecule has 0 N–H and O–H groups in total. The molecule has 0 amide bonds. The molecule has 0 saturated carbocycles. The van der Waals surface area contributed by atoms with Gasteiger partial charge in [-0.3, -0.25) is 0 Å². The molecule has 3 nitrogen and oxygen atoms in total. The van der Waals surface area contributed by atoms with Gasteiger partial charge in [0.25, 0.3) is 0 Å². The minimum atomic E-state index is -1.03. The van der Waals surface area contributed by atoms with Crippen molar-refractivity contribution in [2.45, 2.75) is 32.4 Å². The quantitative estimate of drug-likeness (QED) is 0.410. The lowest BCUT2D eigenvalue weighted by Gasteiger charge is -2.15. The molecule has 104 valence electrons.